The number of carboxylic acids is 1. The summed E-state index contributed by atoms with van der Waals surface area (Å²) in [4.78, 5) is 25.5. The van der Waals surface area contributed by atoms with E-state index in [4.69, 9.17) is 5.11 Å². The summed E-state index contributed by atoms with van der Waals surface area (Å²) in [6.07, 6.45) is 5.38. The van der Waals surface area contributed by atoms with Crippen LogP contribution in [0, 0.1) is 0 Å². The van der Waals surface area contributed by atoms with E-state index >= 15 is 0 Å². The molecule has 0 fully saturated rings. The van der Waals surface area contributed by atoms with Gasteiger partial charge in [-0.05, 0) is 19.7 Å². The number of carbonyl (C=O) groups is 2. The predicted octanol–water partition coefficient (Wildman–Crippen LogP) is -0.273. The molecule has 0 saturated heterocycles. The molecule has 0 radical (unpaired) electrons. The summed E-state index contributed by atoms with van der Waals surface area (Å²) in [6, 6.07) is 0.351. The molecule has 1 atom stereocenters. The summed E-state index contributed by atoms with van der Waals surface area (Å²) in [5, 5.41) is 11.7. The highest BCUT2D eigenvalue weighted by molar-refractivity contribution is 5.81. The summed E-state index contributed by atoms with van der Waals surface area (Å²) >= 11 is 0. The minimum atomic E-state index is -0.986. The molecule has 0 bridgehead atoms. The first-order valence-electron chi connectivity index (χ1n) is 6.06. The van der Waals surface area contributed by atoms with E-state index in [-0.39, 0.29) is 12.5 Å². The molecule has 1 aliphatic heterocycles. The van der Waals surface area contributed by atoms with Crippen molar-refractivity contribution in [3.8, 4) is 0 Å². The Balaban J connectivity index is 2.30. The van der Waals surface area contributed by atoms with Gasteiger partial charge in [0.05, 0.1) is 0 Å². The number of carbonyl (C=O) groups excluding carboxylic acids is 1. The number of rotatable bonds is 6. The molecular weight excluding hydrogens is 234 g/mol. The number of likely N-dealkylation sites (N-methyl/N-ethyl adjacent to an activating group) is 2. The van der Waals surface area contributed by atoms with Crippen LogP contribution < -0.4 is 5.32 Å². The molecule has 0 aromatic carbocycles. The van der Waals surface area contributed by atoms with Crippen LogP contribution in [0.25, 0.3) is 0 Å². The second-order valence-corrected chi connectivity index (χ2v) is 4.54. The van der Waals surface area contributed by atoms with Gasteiger partial charge in [-0.1, -0.05) is 6.08 Å². The largest absolute Gasteiger partial charge is 0.480 e. The molecule has 2 N–H and O–H groups in total. The van der Waals surface area contributed by atoms with Gasteiger partial charge in [-0.3, -0.25) is 14.5 Å². The van der Waals surface area contributed by atoms with Crippen molar-refractivity contribution in [1.82, 2.24) is 15.1 Å². The maximum absolute atomic E-state index is 11.7. The van der Waals surface area contributed by atoms with Crippen LogP contribution in [0.15, 0.2) is 12.3 Å². The van der Waals surface area contributed by atoms with Gasteiger partial charge >= 0.3 is 5.97 Å². The van der Waals surface area contributed by atoms with Gasteiger partial charge in [0.25, 0.3) is 0 Å². The van der Waals surface area contributed by atoms with Gasteiger partial charge in [0, 0.05) is 32.6 Å². The van der Waals surface area contributed by atoms with Crippen LogP contribution in [0.4, 0.5) is 0 Å². The Bertz CT molecular complexity index is 331. The fourth-order valence-electron chi connectivity index (χ4n) is 1.88. The van der Waals surface area contributed by atoms with E-state index in [1.807, 2.05) is 13.2 Å². The Kier molecular flexibility index (Phi) is 5.64. The zero-order valence-corrected chi connectivity index (χ0v) is 10.9. The molecular formula is C12H21N3O3. The van der Waals surface area contributed by atoms with E-state index in [0.29, 0.717) is 19.0 Å². The molecule has 1 heterocycles. The van der Waals surface area contributed by atoms with Crippen molar-refractivity contribution >= 4 is 11.9 Å². The van der Waals surface area contributed by atoms with Crippen molar-refractivity contribution in [3.05, 3.63) is 12.3 Å². The molecule has 1 unspecified atom stereocenters. The van der Waals surface area contributed by atoms with Crippen molar-refractivity contribution in [2.75, 3.05) is 33.7 Å². The molecule has 1 rings (SSSR count). The molecule has 0 saturated carbocycles. The van der Waals surface area contributed by atoms with Crippen LogP contribution in [0.1, 0.15) is 12.8 Å². The van der Waals surface area contributed by atoms with Gasteiger partial charge in [0.1, 0.15) is 6.54 Å². The lowest BCUT2D eigenvalue weighted by atomic mass is 10.1. The second-order valence-electron chi connectivity index (χ2n) is 4.54. The highest BCUT2D eigenvalue weighted by Gasteiger charge is 2.17. The molecule has 0 aromatic heterocycles. The van der Waals surface area contributed by atoms with E-state index in [0.717, 1.165) is 13.0 Å². The molecule has 102 valence electrons. The highest BCUT2D eigenvalue weighted by atomic mass is 16.4. The maximum atomic E-state index is 11.7. The number of hydrogen-bond donors (Lipinski definition) is 2. The lowest BCUT2D eigenvalue weighted by Crippen LogP contribution is -2.39. The fourth-order valence-corrected chi connectivity index (χ4v) is 1.88. The van der Waals surface area contributed by atoms with Gasteiger partial charge in [-0.15, -0.1) is 0 Å². The van der Waals surface area contributed by atoms with Gasteiger partial charge in [0.15, 0.2) is 0 Å². The van der Waals surface area contributed by atoms with Crippen molar-refractivity contribution in [2.45, 2.75) is 18.9 Å². The third-order valence-electron chi connectivity index (χ3n) is 3.06. The van der Waals surface area contributed by atoms with Crippen LogP contribution >= 0.6 is 0 Å². The van der Waals surface area contributed by atoms with Crippen LogP contribution in [-0.4, -0.2) is 66.6 Å². The molecule has 0 aliphatic carbocycles. The Morgan fingerprint density at radius 3 is 2.72 bits per heavy atom. The number of nitrogens with one attached hydrogen (secondary N) is 1. The van der Waals surface area contributed by atoms with E-state index in [9.17, 15) is 9.59 Å². The third-order valence-corrected chi connectivity index (χ3v) is 3.06. The average molecular weight is 255 g/mol. The van der Waals surface area contributed by atoms with Crippen LogP contribution in [0.3, 0.4) is 0 Å². The topological polar surface area (TPSA) is 72.9 Å². The lowest BCUT2D eigenvalue weighted by molar-refractivity contribution is -0.143. The van der Waals surface area contributed by atoms with Crippen LogP contribution in [0.2, 0.25) is 0 Å². The van der Waals surface area contributed by atoms with Crippen LogP contribution in [0.5, 0.6) is 0 Å². The second kappa shape index (κ2) is 7.00. The summed E-state index contributed by atoms with van der Waals surface area (Å²) in [6.45, 7) is 1.34. The SMILES string of the molecule is CN(CC(=O)O)C(=O)CCN(C)C1C=CNCC1. The molecule has 6 nitrogen and oxygen atoms in total. The number of aliphatic carboxylic acids is 1. The Labute approximate surface area is 107 Å². The first kappa shape index (κ1) is 14.5. The first-order valence-corrected chi connectivity index (χ1v) is 6.06. The molecule has 1 amide bonds. The minimum Gasteiger partial charge on any atom is -0.480 e. The van der Waals surface area contributed by atoms with Crippen molar-refractivity contribution in [1.29, 1.82) is 0 Å². The van der Waals surface area contributed by atoms with Crippen LogP contribution in [-0.2, 0) is 9.59 Å². The molecule has 1 aliphatic rings. The Hall–Kier alpha value is -1.56. The van der Waals surface area contributed by atoms with Crippen molar-refractivity contribution in [3.63, 3.8) is 0 Å². The first-order chi connectivity index (χ1) is 8.50. The normalized spacial score (nSPS) is 18.5. The number of hydrogen-bond acceptors (Lipinski definition) is 4. The average Bonchev–Trinajstić information content (AvgIpc) is 2.35. The van der Waals surface area contributed by atoms with Crippen molar-refractivity contribution in [2.24, 2.45) is 0 Å². The summed E-state index contributed by atoms with van der Waals surface area (Å²) < 4.78 is 0. The lowest BCUT2D eigenvalue weighted by Gasteiger charge is -2.28. The van der Waals surface area contributed by atoms with Gasteiger partial charge < -0.3 is 15.3 Å². The van der Waals surface area contributed by atoms with Crippen molar-refractivity contribution < 1.29 is 14.7 Å². The highest BCUT2D eigenvalue weighted by Crippen LogP contribution is 2.07. The quantitative estimate of drug-likeness (QED) is 0.683. The monoisotopic (exact) mass is 255 g/mol. The predicted molar refractivity (Wildman–Crippen MR) is 68.1 cm³/mol. The number of nitrogens with zero attached hydrogens (tertiary/aromatic N) is 2. The minimum absolute atomic E-state index is 0.137. The zero-order chi connectivity index (χ0) is 13.5. The Morgan fingerprint density at radius 2 is 2.17 bits per heavy atom. The third kappa shape index (κ3) is 4.75. The molecule has 18 heavy (non-hydrogen) atoms. The summed E-state index contributed by atoms with van der Waals surface area (Å²) in [5.74, 6) is -1.12. The smallest absolute Gasteiger partial charge is 0.323 e. The van der Waals surface area contributed by atoms with E-state index in [2.05, 4.69) is 16.3 Å². The number of amides is 1. The Morgan fingerprint density at radius 1 is 1.44 bits per heavy atom. The molecule has 0 aromatic rings. The summed E-state index contributed by atoms with van der Waals surface area (Å²) in [5.41, 5.74) is 0. The van der Waals surface area contributed by atoms with Gasteiger partial charge in [-0.2, -0.15) is 0 Å². The number of carboxylic acid groups (broad SMARTS) is 1. The van der Waals surface area contributed by atoms with Gasteiger partial charge in [-0.25, -0.2) is 0 Å². The molecule has 0 spiro atoms. The molecule has 6 heteroatoms. The van der Waals surface area contributed by atoms with E-state index < -0.39 is 5.97 Å². The van der Waals surface area contributed by atoms with Gasteiger partial charge in [0.2, 0.25) is 5.91 Å². The zero-order valence-electron chi connectivity index (χ0n) is 10.9. The van der Waals surface area contributed by atoms with E-state index in [1.54, 1.807) is 0 Å². The standard InChI is InChI=1S/C12H21N3O3/c1-14(10-3-6-13-7-4-10)8-5-11(16)15(2)9-12(17)18/h3,6,10,13H,4-5,7-9H2,1-2H3,(H,17,18). The van der Waals surface area contributed by atoms with E-state index in [1.165, 1.54) is 11.9 Å². The maximum Gasteiger partial charge on any atom is 0.323 e. The summed E-state index contributed by atoms with van der Waals surface area (Å²) in [7, 11) is 3.49. The fraction of sp³-hybridized carbons (Fsp3) is 0.667.